The maximum absolute atomic E-state index is 2.64. The molecule has 0 saturated carbocycles. The van der Waals surface area contributed by atoms with E-state index >= 15 is 0 Å². The highest BCUT2D eigenvalue weighted by Crippen LogP contribution is 2.24. The number of nitrogens with zero attached hydrogens (tertiary/aromatic N) is 1. The van der Waals surface area contributed by atoms with Crippen LogP contribution in [-0.4, -0.2) is 24.5 Å². The lowest BCUT2D eigenvalue weighted by Gasteiger charge is -2.20. The van der Waals surface area contributed by atoms with Gasteiger partial charge in [-0.05, 0) is 47.8 Å². The van der Waals surface area contributed by atoms with Crippen LogP contribution in [0.1, 0.15) is 52.2 Å². The summed E-state index contributed by atoms with van der Waals surface area (Å²) in [5.74, 6) is 1.75. The molecule has 1 aliphatic rings. The smallest absolute Gasteiger partial charge is 0.00219 e. The Morgan fingerprint density at radius 3 is 2.30 bits per heavy atom. The molecule has 1 nitrogen and oxygen atoms in total. The summed E-state index contributed by atoms with van der Waals surface area (Å²) in [7, 11) is 0. The largest absolute Gasteiger partial charge is 0.303 e. The third-order valence-corrected chi connectivity index (χ3v) is 4.79. The normalized spacial score (nSPS) is 20.8. The summed E-state index contributed by atoms with van der Waals surface area (Å²) in [5, 5.41) is 0. The Balaban J connectivity index is 1.83. The van der Waals surface area contributed by atoms with Crippen molar-refractivity contribution in [1.82, 2.24) is 4.90 Å². The molecule has 0 N–H and O–H groups in total. The van der Waals surface area contributed by atoms with Gasteiger partial charge in [-0.1, -0.05) is 58.9 Å². The molecule has 1 aromatic carbocycles. The van der Waals surface area contributed by atoms with Crippen LogP contribution in [0.5, 0.6) is 0 Å². The third-order valence-electron chi connectivity index (χ3n) is 4.79. The summed E-state index contributed by atoms with van der Waals surface area (Å²) < 4.78 is 0. The highest BCUT2D eigenvalue weighted by atomic mass is 15.1. The van der Waals surface area contributed by atoms with E-state index in [2.05, 4.69) is 63.8 Å². The number of hydrogen-bond acceptors (Lipinski definition) is 1. The first-order chi connectivity index (χ1) is 9.36. The molecule has 1 heterocycles. The predicted octanol–water partition coefficient (Wildman–Crippen LogP) is 4.50. The lowest BCUT2D eigenvalue weighted by atomic mass is 9.86. The highest BCUT2D eigenvalue weighted by molar-refractivity contribution is 5.27. The van der Waals surface area contributed by atoms with Gasteiger partial charge in [-0.15, -0.1) is 0 Å². The molecule has 112 valence electrons. The van der Waals surface area contributed by atoms with Crippen LogP contribution in [0.25, 0.3) is 0 Å². The fourth-order valence-electron chi connectivity index (χ4n) is 3.07. The van der Waals surface area contributed by atoms with Crippen LogP contribution in [0.4, 0.5) is 0 Å². The molecule has 1 saturated heterocycles. The van der Waals surface area contributed by atoms with Gasteiger partial charge in [0.05, 0.1) is 0 Å². The van der Waals surface area contributed by atoms with Crippen molar-refractivity contribution in [3.8, 4) is 0 Å². The van der Waals surface area contributed by atoms with Crippen LogP contribution < -0.4 is 0 Å². The van der Waals surface area contributed by atoms with Gasteiger partial charge in [0.25, 0.3) is 0 Å². The summed E-state index contributed by atoms with van der Waals surface area (Å²) in [6, 6.07) is 9.24. The van der Waals surface area contributed by atoms with Crippen molar-refractivity contribution in [3.05, 3.63) is 35.4 Å². The van der Waals surface area contributed by atoms with Crippen LogP contribution >= 0.6 is 0 Å². The topological polar surface area (TPSA) is 3.24 Å². The zero-order valence-corrected chi connectivity index (χ0v) is 13.9. The van der Waals surface area contributed by atoms with Gasteiger partial charge in [0.15, 0.2) is 0 Å². The maximum atomic E-state index is 2.64. The lowest BCUT2D eigenvalue weighted by molar-refractivity contribution is 0.306. The summed E-state index contributed by atoms with van der Waals surface area (Å²) >= 11 is 0. The summed E-state index contributed by atoms with van der Waals surface area (Å²) in [5.41, 5.74) is 3.17. The molecule has 0 aliphatic carbocycles. The van der Waals surface area contributed by atoms with E-state index in [9.17, 15) is 0 Å². The van der Waals surface area contributed by atoms with Gasteiger partial charge in [-0.25, -0.2) is 0 Å². The predicted molar refractivity (Wildman–Crippen MR) is 88.2 cm³/mol. The Bertz CT molecular complexity index is 410. The van der Waals surface area contributed by atoms with Crippen LogP contribution in [0.2, 0.25) is 0 Å². The van der Waals surface area contributed by atoms with E-state index in [4.69, 9.17) is 0 Å². The molecule has 1 atom stereocenters. The second-order valence-corrected chi connectivity index (χ2v) is 7.79. The molecule has 0 radical (unpaired) electrons. The van der Waals surface area contributed by atoms with E-state index in [0.29, 0.717) is 0 Å². The van der Waals surface area contributed by atoms with Crippen LogP contribution in [0.3, 0.4) is 0 Å². The first-order valence-electron chi connectivity index (χ1n) is 8.18. The number of rotatable bonds is 4. The summed E-state index contributed by atoms with van der Waals surface area (Å²) in [6.07, 6.45) is 2.58. The average Bonchev–Trinajstić information content (AvgIpc) is 2.85. The second-order valence-electron chi connectivity index (χ2n) is 7.79. The monoisotopic (exact) mass is 273 g/mol. The SMILES string of the molecule is CC(C)[C@@H]1CCN(CCc2ccc(C(C)(C)C)cc2)C1. The van der Waals surface area contributed by atoms with Crippen molar-refractivity contribution in [2.75, 3.05) is 19.6 Å². The minimum absolute atomic E-state index is 0.262. The van der Waals surface area contributed by atoms with Gasteiger partial charge in [-0.3, -0.25) is 0 Å². The van der Waals surface area contributed by atoms with Crippen LogP contribution in [0, 0.1) is 11.8 Å². The molecule has 0 amide bonds. The van der Waals surface area contributed by atoms with Crippen LogP contribution in [0.15, 0.2) is 24.3 Å². The van der Waals surface area contributed by atoms with Crippen LogP contribution in [-0.2, 0) is 11.8 Å². The molecule has 20 heavy (non-hydrogen) atoms. The molecule has 1 fully saturated rings. The summed E-state index contributed by atoms with van der Waals surface area (Å²) in [4.78, 5) is 2.64. The molecular weight excluding hydrogens is 242 g/mol. The van der Waals surface area contributed by atoms with Crippen molar-refractivity contribution in [2.24, 2.45) is 11.8 Å². The van der Waals surface area contributed by atoms with E-state index in [0.717, 1.165) is 11.8 Å². The molecule has 0 bridgehead atoms. The Morgan fingerprint density at radius 1 is 1.15 bits per heavy atom. The molecule has 0 aromatic heterocycles. The average molecular weight is 273 g/mol. The van der Waals surface area contributed by atoms with E-state index < -0.39 is 0 Å². The van der Waals surface area contributed by atoms with Crippen molar-refractivity contribution in [2.45, 2.75) is 52.9 Å². The van der Waals surface area contributed by atoms with Gasteiger partial charge in [0.2, 0.25) is 0 Å². The Morgan fingerprint density at radius 2 is 1.80 bits per heavy atom. The quantitative estimate of drug-likeness (QED) is 0.780. The fourth-order valence-corrected chi connectivity index (χ4v) is 3.07. The van der Waals surface area contributed by atoms with E-state index in [1.165, 1.54) is 43.6 Å². The number of hydrogen-bond donors (Lipinski definition) is 0. The molecule has 0 unspecified atom stereocenters. The first kappa shape index (κ1) is 15.6. The fraction of sp³-hybridized carbons (Fsp3) is 0.684. The minimum atomic E-state index is 0.262. The summed E-state index contributed by atoms with van der Waals surface area (Å²) in [6.45, 7) is 15.4. The molecule has 1 aliphatic heterocycles. The second kappa shape index (κ2) is 6.30. The zero-order chi connectivity index (χ0) is 14.8. The van der Waals surface area contributed by atoms with Crippen molar-refractivity contribution < 1.29 is 0 Å². The Kier molecular flexibility index (Phi) is 4.90. The minimum Gasteiger partial charge on any atom is -0.303 e. The first-order valence-corrected chi connectivity index (χ1v) is 8.18. The molecule has 1 aromatic rings. The third kappa shape index (κ3) is 4.09. The molecule has 1 heteroatoms. The van der Waals surface area contributed by atoms with Crippen molar-refractivity contribution >= 4 is 0 Å². The standard InChI is InChI=1S/C19H31N/c1-15(2)17-11-13-20(14-17)12-10-16-6-8-18(9-7-16)19(3,4)5/h6-9,15,17H,10-14H2,1-5H3/t17-/m1/s1. The van der Waals surface area contributed by atoms with E-state index in [1.807, 2.05) is 0 Å². The van der Waals surface area contributed by atoms with Gasteiger partial charge >= 0.3 is 0 Å². The molecular formula is C19H31N. The van der Waals surface area contributed by atoms with Gasteiger partial charge < -0.3 is 4.90 Å². The Labute approximate surface area is 125 Å². The van der Waals surface area contributed by atoms with Gasteiger partial charge in [0.1, 0.15) is 0 Å². The molecule has 2 rings (SSSR count). The van der Waals surface area contributed by atoms with E-state index in [1.54, 1.807) is 0 Å². The van der Waals surface area contributed by atoms with Crippen molar-refractivity contribution in [3.63, 3.8) is 0 Å². The van der Waals surface area contributed by atoms with Gasteiger partial charge in [-0.2, -0.15) is 0 Å². The molecule has 0 spiro atoms. The van der Waals surface area contributed by atoms with E-state index in [-0.39, 0.29) is 5.41 Å². The highest BCUT2D eigenvalue weighted by Gasteiger charge is 2.24. The number of benzene rings is 1. The lowest BCUT2D eigenvalue weighted by Crippen LogP contribution is -2.24. The van der Waals surface area contributed by atoms with Crippen molar-refractivity contribution in [1.29, 1.82) is 0 Å². The van der Waals surface area contributed by atoms with Gasteiger partial charge in [0, 0.05) is 13.1 Å². The maximum Gasteiger partial charge on any atom is 0.00219 e. The Hall–Kier alpha value is -0.820. The zero-order valence-electron chi connectivity index (χ0n) is 13.9. The number of likely N-dealkylation sites (tertiary alicyclic amines) is 1.